The molecular weight excluding hydrogens is 284 g/mol. The molecule has 2 rings (SSSR count). The lowest BCUT2D eigenvalue weighted by molar-refractivity contribution is 0.101. The first-order valence-electron chi connectivity index (χ1n) is 7.00. The van der Waals surface area contributed by atoms with Crippen molar-refractivity contribution >= 4 is 22.7 Å². The molecule has 1 aliphatic heterocycles. The molecular formula is C16H22N2O2S. The minimum atomic E-state index is 0.0683. The largest absolute Gasteiger partial charge is 0.496 e. The number of hydrogen-bond donors (Lipinski definition) is 1. The summed E-state index contributed by atoms with van der Waals surface area (Å²) in [6.07, 6.45) is 0. The molecule has 1 N–H and O–H groups in total. The SMILES string of the molecule is COc1ccc(C(C)=O)cc1CSC1=NCC(C)(C)CN1. The molecule has 1 aromatic carbocycles. The van der Waals surface area contributed by atoms with Crippen molar-refractivity contribution in [3.05, 3.63) is 29.3 Å². The average Bonchev–Trinajstić information content (AvgIpc) is 2.45. The number of methoxy groups -OCH3 is 1. The van der Waals surface area contributed by atoms with E-state index >= 15 is 0 Å². The van der Waals surface area contributed by atoms with Gasteiger partial charge in [-0.2, -0.15) is 0 Å². The number of aliphatic imine (C=N–C) groups is 1. The predicted molar refractivity (Wildman–Crippen MR) is 88.4 cm³/mol. The van der Waals surface area contributed by atoms with E-state index in [1.165, 1.54) is 0 Å². The number of ketones is 1. The normalized spacial score (nSPS) is 16.9. The first-order chi connectivity index (χ1) is 9.91. The first-order valence-corrected chi connectivity index (χ1v) is 7.99. The van der Waals surface area contributed by atoms with Crippen LogP contribution in [0, 0.1) is 5.41 Å². The molecule has 0 amide bonds. The van der Waals surface area contributed by atoms with Crippen molar-refractivity contribution < 1.29 is 9.53 Å². The summed E-state index contributed by atoms with van der Waals surface area (Å²) in [6, 6.07) is 5.56. The molecule has 0 radical (unpaired) electrons. The molecule has 0 spiro atoms. The number of carbonyl (C=O) groups excluding carboxylic acids is 1. The van der Waals surface area contributed by atoms with Crippen molar-refractivity contribution in [3.63, 3.8) is 0 Å². The standard InChI is InChI=1S/C16H22N2O2S/c1-11(19)12-5-6-14(20-4)13(7-12)8-21-15-17-9-16(2,3)10-18-15/h5-7H,8-10H2,1-4H3,(H,17,18). The highest BCUT2D eigenvalue weighted by Gasteiger charge is 2.22. The third-order valence-electron chi connectivity index (χ3n) is 3.42. The number of carbonyl (C=O) groups is 1. The first kappa shape index (κ1) is 15.9. The van der Waals surface area contributed by atoms with Gasteiger partial charge in [0.1, 0.15) is 5.75 Å². The van der Waals surface area contributed by atoms with Crippen LogP contribution in [-0.2, 0) is 5.75 Å². The predicted octanol–water partition coefficient (Wildman–Crippen LogP) is 3.12. The van der Waals surface area contributed by atoms with Gasteiger partial charge in [-0.1, -0.05) is 25.6 Å². The Hall–Kier alpha value is -1.49. The number of rotatable bonds is 4. The number of hydrogen-bond acceptors (Lipinski definition) is 5. The minimum absolute atomic E-state index is 0.0683. The fraction of sp³-hybridized carbons (Fsp3) is 0.500. The van der Waals surface area contributed by atoms with Gasteiger partial charge in [-0.3, -0.25) is 9.79 Å². The Kier molecular flexibility index (Phi) is 4.93. The van der Waals surface area contributed by atoms with E-state index in [9.17, 15) is 4.79 Å². The van der Waals surface area contributed by atoms with Crippen LogP contribution in [0.1, 0.15) is 36.7 Å². The quantitative estimate of drug-likeness (QED) is 0.868. The topological polar surface area (TPSA) is 50.7 Å². The minimum Gasteiger partial charge on any atom is -0.496 e. The van der Waals surface area contributed by atoms with Crippen LogP contribution < -0.4 is 10.1 Å². The van der Waals surface area contributed by atoms with Gasteiger partial charge >= 0.3 is 0 Å². The van der Waals surface area contributed by atoms with E-state index in [0.29, 0.717) is 5.56 Å². The van der Waals surface area contributed by atoms with Gasteiger partial charge in [0.25, 0.3) is 0 Å². The summed E-state index contributed by atoms with van der Waals surface area (Å²) in [5.41, 5.74) is 1.95. The molecule has 0 aromatic heterocycles. The molecule has 21 heavy (non-hydrogen) atoms. The molecule has 4 nitrogen and oxygen atoms in total. The zero-order valence-electron chi connectivity index (χ0n) is 13.0. The smallest absolute Gasteiger partial charge is 0.159 e. The van der Waals surface area contributed by atoms with Crippen LogP contribution in [0.25, 0.3) is 0 Å². The Labute approximate surface area is 130 Å². The molecule has 0 saturated heterocycles. The maximum Gasteiger partial charge on any atom is 0.159 e. The molecule has 1 aliphatic rings. The zero-order chi connectivity index (χ0) is 15.5. The fourth-order valence-electron chi connectivity index (χ4n) is 2.07. The molecule has 5 heteroatoms. The van der Waals surface area contributed by atoms with Crippen LogP contribution in [-0.4, -0.2) is 31.2 Å². The van der Waals surface area contributed by atoms with Gasteiger partial charge in [-0.05, 0) is 25.1 Å². The Morgan fingerprint density at radius 3 is 2.81 bits per heavy atom. The second-order valence-electron chi connectivity index (χ2n) is 6.01. The third-order valence-corrected chi connectivity index (χ3v) is 4.42. The van der Waals surface area contributed by atoms with Crippen LogP contribution in [0.3, 0.4) is 0 Å². The number of benzene rings is 1. The van der Waals surface area contributed by atoms with Crippen molar-refractivity contribution in [3.8, 4) is 5.75 Å². The van der Waals surface area contributed by atoms with E-state index in [4.69, 9.17) is 4.74 Å². The van der Waals surface area contributed by atoms with E-state index in [1.54, 1.807) is 31.9 Å². The van der Waals surface area contributed by atoms with E-state index in [2.05, 4.69) is 24.2 Å². The summed E-state index contributed by atoms with van der Waals surface area (Å²) in [5, 5.41) is 4.32. The van der Waals surface area contributed by atoms with Crippen molar-refractivity contribution in [1.82, 2.24) is 5.32 Å². The van der Waals surface area contributed by atoms with Gasteiger partial charge in [-0.25, -0.2) is 0 Å². The van der Waals surface area contributed by atoms with Crippen LogP contribution in [0.4, 0.5) is 0 Å². The lowest BCUT2D eigenvalue weighted by Crippen LogP contribution is -2.39. The van der Waals surface area contributed by atoms with Crippen LogP contribution in [0.2, 0.25) is 0 Å². The Balaban J connectivity index is 2.07. The van der Waals surface area contributed by atoms with Gasteiger partial charge in [0.15, 0.2) is 11.0 Å². The van der Waals surface area contributed by atoms with Gasteiger partial charge in [-0.15, -0.1) is 0 Å². The van der Waals surface area contributed by atoms with Gasteiger partial charge in [0.05, 0.1) is 7.11 Å². The molecule has 1 aromatic rings. The molecule has 0 bridgehead atoms. The highest BCUT2D eigenvalue weighted by molar-refractivity contribution is 8.13. The Bertz CT molecular complexity index is 567. The molecule has 0 aliphatic carbocycles. The summed E-state index contributed by atoms with van der Waals surface area (Å²) in [6.45, 7) is 7.75. The highest BCUT2D eigenvalue weighted by Crippen LogP contribution is 2.27. The molecule has 0 fully saturated rings. The number of nitrogens with one attached hydrogen (secondary N) is 1. The summed E-state index contributed by atoms with van der Waals surface area (Å²) in [7, 11) is 1.65. The molecule has 0 saturated carbocycles. The second-order valence-corrected chi connectivity index (χ2v) is 6.97. The van der Waals surface area contributed by atoms with Crippen molar-refractivity contribution in [2.75, 3.05) is 20.2 Å². The third kappa shape index (κ3) is 4.24. The number of nitrogens with zero attached hydrogens (tertiary/aromatic N) is 1. The lowest BCUT2D eigenvalue weighted by Gasteiger charge is -2.28. The maximum absolute atomic E-state index is 11.5. The Morgan fingerprint density at radius 1 is 1.48 bits per heavy atom. The molecule has 1 heterocycles. The summed E-state index contributed by atoms with van der Waals surface area (Å²) >= 11 is 1.65. The number of Topliss-reactive ketones (excluding diaryl/α,β-unsaturated/α-hetero) is 1. The monoisotopic (exact) mass is 306 g/mol. The Morgan fingerprint density at radius 2 is 2.24 bits per heavy atom. The molecule has 0 unspecified atom stereocenters. The van der Waals surface area contributed by atoms with E-state index < -0.39 is 0 Å². The summed E-state index contributed by atoms with van der Waals surface area (Å²) in [5.74, 6) is 1.61. The fourth-order valence-corrected chi connectivity index (χ4v) is 2.91. The van der Waals surface area contributed by atoms with Crippen LogP contribution in [0.5, 0.6) is 5.75 Å². The van der Waals surface area contributed by atoms with Gasteiger partial charge in [0.2, 0.25) is 0 Å². The number of ether oxygens (including phenoxy) is 1. The van der Waals surface area contributed by atoms with Crippen molar-refractivity contribution in [2.24, 2.45) is 10.4 Å². The maximum atomic E-state index is 11.5. The number of thioether (sulfide) groups is 1. The highest BCUT2D eigenvalue weighted by atomic mass is 32.2. The van der Waals surface area contributed by atoms with E-state index in [-0.39, 0.29) is 11.2 Å². The lowest BCUT2D eigenvalue weighted by atomic mass is 9.93. The molecule has 0 atom stereocenters. The van der Waals surface area contributed by atoms with E-state index in [1.807, 2.05) is 12.1 Å². The van der Waals surface area contributed by atoms with Crippen LogP contribution in [0.15, 0.2) is 23.2 Å². The average molecular weight is 306 g/mol. The summed E-state index contributed by atoms with van der Waals surface area (Å²) < 4.78 is 5.37. The van der Waals surface area contributed by atoms with Gasteiger partial charge < -0.3 is 10.1 Å². The van der Waals surface area contributed by atoms with E-state index in [0.717, 1.165) is 35.3 Å². The van der Waals surface area contributed by atoms with Crippen LogP contribution >= 0.6 is 11.8 Å². The zero-order valence-corrected chi connectivity index (χ0v) is 13.8. The van der Waals surface area contributed by atoms with Gasteiger partial charge in [0, 0.05) is 35.4 Å². The van der Waals surface area contributed by atoms with Crippen molar-refractivity contribution in [1.29, 1.82) is 0 Å². The number of amidine groups is 1. The van der Waals surface area contributed by atoms with Crippen molar-refractivity contribution in [2.45, 2.75) is 26.5 Å². The molecule has 114 valence electrons. The summed E-state index contributed by atoms with van der Waals surface area (Å²) in [4.78, 5) is 16.1. The second kappa shape index (κ2) is 6.52.